The average molecular weight is 392 g/mol. The normalized spacial score (nSPS) is 28.8. The third-order valence-electron chi connectivity index (χ3n) is 7.15. The lowest BCUT2D eigenvalue weighted by Crippen LogP contribution is -2.56. The largest absolute Gasteiger partial charge is 0.353 e. The van der Waals surface area contributed by atoms with Crippen LogP contribution in [0.2, 0.25) is 5.02 Å². The van der Waals surface area contributed by atoms with Gasteiger partial charge in [-0.3, -0.25) is 9.59 Å². The number of amides is 2. The summed E-state index contributed by atoms with van der Waals surface area (Å²) >= 11 is 6.09. The van der Waals surface area contributed by atoms with Crippen LogP contribution in [0, 0.1) is 17.3 Å². The third kappa shape index (κ3) is 3.51. The van der Waals surface area contributed by atoms with Crippen molar-refractivity contribution in [2.24, 2.45) is 17.3 Å². The van der Waals surface area contributed by atoms with Gasteiger partial charge in [-0.2, -0.15) is 0 Å². The molecule has 2 bridgehead atoms. The highest BCUT2D eigenvalue weighted by Gasteiger charge is 2.51. The minimum absolute atomic E-state index is 0.118. The quantitative estimate of drug-likeness (QED) is 0.743. The van der Waals surface area contributed by atoms with Gasteiger partial charge in [0.25, 0.3) is 5.91 Å². The second-order valence-corrected chi connectivity index (χ2v) is 9.52. The average Bonchev–Trinajstić information content (AvgIpc) is 3.16. The predicted molar refractivity (Wildman–Crippen MR) is 106 cm³/mol. The standard InChI is InChI=1S/C21H30ClN3O2/c1-3-25-12-16(22)10-17(25)18(26)24-20(2,15-4-5-15)13-23-19(27)21-8-6-14(11-21)7-9-21/h10,12,14-15H,3-9,11,13H2,1-2H3,(H,23,27)(H,24,26). The first-order valence-electron chi connectivity index (χ1n) is 10.3. The lowest BCUT2D eigenvalue weighted by molar-refractivity contribution is -0.131. The molecular formula is C21H30ClN3O2. The van der Waals surface area contributed by atoms with Crippen molar-refractivity contribution in [3.63, 3.8) is 0 Å². The van der Waals surface area contributed by atoms with Gasteiger partial charge < -0.3 is 15.2 Å². The van der Waals surface area contributed by atoms with Gasteiger partial charge in [-0.1, -0.05) is 11.6 Å². The number of nitrogens with one attached hydrogen (secondary N) is 2. The summed E-state index contributed by atoms with van der Waals surface area (Å²) in [5, 5.41) is 6.99. The van der Waals surface area contributed by atoms with Crippen molar-refractivity contribution in [2.45, 2.75) is 70.9 Å². The molecule has 2 N–H and O–H groups in total. The van der Waals surface area contributed by atoms with Crippen LogP contribution in [0.4, 0.5) is 0 Å². The number of halogens is 1. The van der Waals surface area contributed by atoms with Crippen LogP contribution in [0.5, 0.6) is 0 Å². The van der Waals surface area contributed by atoms with Crippen LogP contribution in [0.25, 0.3) is 0 Å². The molecule has 0 aliphatic heterocycles. The minimum Gasteiger partial charge on any atom is -0.353 e. The molecule has 1 atom stereocenters. The molecule has 3 aliphatic carbocycles. The fourth-order valence-corrected chi connectivity index (χ4v) is 5.44. The van der Waals surface area contributed by atoms with Gasteiger partial charge in [-0.15, -0.1) is 0 Å². The van der Waals surface area contributed by atoms with Crippen LogP contribution in [0.1, 0.15) is 69.3 Å². The van der Waals surface area contributed by atoms with E-state index in [2.05, 4.69) is 17.6 Å². The van der Waals surface area contributed by atoms with E-state index in [0.29, 0.717) is 29.7 Å². The Balaban J connectivity index is 1.43. The maximum atomic E-state index is 12.9. The van der Waals surface area contributed by atoms with Crippen LogP contribution in [0.3, 0.4) is 0 Å². The van der Waals surface area contributed by atoms with Crippen molar-refractivity contribution in [1.29, 1.82) is 0 Å². The van der Waals surface area contributed by atoms with Gasteiger partial charge in [0, 0.05) is 24.7 Å². The number of carbonyl (C=O) groups is 2. The molecule has 5 nitrogen and oxygen atoms in total. The van der Waals surface area contributed by atoms with E-state index >= 15 is 0 Å². The molecule has 3 saturated carbocycles. The molecule has 6 heteroatoms. The first-order chi connectivity index (χ1) is 12.8. The summed E-state index contributed by atoms with van der Waals surface area (Å²) in [5.74, 6) is 1.24. The number of aryl methyl sites for hydroxylation is 1. The van der Waals surface area contributed by atoms with Gasteiger partial charge >= 0.3 is 0 Å². The Morgan fingerprint density at radius 3 is 2.56 bits per heavy atom. The second kappa shape index (κ2) is 6.84. The predicted octanol–water partition coefficient (Wildman–Crippen LogP) is 3.76. The molecule has 2 amide bonds. The summed E-state index contributed by atoms with van der Waals surface area (Å²) < 4.78 is 1.86. The fraction of sp³-hybridized carbons (Fsp3) is 0.714. The van der Waals surface area contributed by atoms with Crippen molar-refractivity contribution in [3.8, 4) is 0 Å². The van der Waals surface area contributed by atoms with Gasteiger partial charge in [0.05, 0.1) is 10.6 Å². The van der Waals surface area contributed by atoms with E-state index in [4.69, 9.17) is 11.6 Å². The molecule has 1 aromatic rings. The second-order valence-electron chi connectivity index (χ2n) is 9.09. The highest BCUT2D eigenvalue weighted by atomic mass is 35.5. The van der Waals surface area contributed by atoms with Crippen molar-refractivity contribution < 1.29 is 9.59 Å². The zero-order chi connectivity index (χ0) is 19.2. The van der Waals surface area contributed by atoms with Crippen LogP contribution in [-0.4, -0.2) is 28.5 Å². The van der Waals surface area contributed by atoms with E-state index in [1.807, 2.05) is 11.5 Å². The van der Waals surface area contributed by atoms with E-state index in [1.165, 1.54) is 12.8 Å². The molecule has 0 saturated heterocycles. The van der Waals surface area contributed by atoms with E-state index in [0.717, 1.165) is 38.0 Å². The number of hydrogen-bond donors (Lipinski definition) is 2. The number of rotatable bonds is 7. The zero-order valence-corrected chi connectivity index (χ0v) is 17.1. The lowest BCUT2D eigenvalue weighted by atomic mass is 9.83. The molecule has 148 valence electrons. The van der Waals surface area contributed by atoms with Crippen molar-refractivity contribution in [3.05, 3.63) is 23.0 Å². The Kier molecular flexibility index (Phi) is 4.77. The monoisotopic (exact) mass is 391 g/mol. The Bertz CT molecular complexity index is 747. The molecule has 0 spiro atoms. The minimum atomic E-state index is -0.421. The van der Waals surface area contributed by atoms with Crippen LogP contribution < -0.4 is 10.6 Å². The zero-order valence-electron chi connectivity index (χ0n) is 16.3. The highest BCUT2D eigenvalue weighted by Crippen LogP contribution is 2.54. The summed E-state index contributed by atoms with van der Waals surface area (Å²) in [5.41, 5.74) is 0.0209. The Morgan fingerprint density at radius 1 is 1.30 bits per heavy atom. The number of aromatic nitrogens is 1. The maximum Gasteiger partial charge on any atom is 0.268 e. The summed E-state index contributed by atoms with van der Waals surface area (Å²) in [7, 11) is 0. The van der Waals surface area contributed by atoms with Gasteiger partial charge in [0.2, 0.25) is 5.91 Å². The molecule has 1 aromatic heterocycles. The lowest BCUT2D eigenvalue weighted by Gasteiger charge is -2.34. The van der Waals surface area contributed by atoms with E-state index in [-0.39, 0.29) is 17.2 Å². The maximum absolute atomic E-state index is 12.9. The fourth-order valence-electron chi connectivity index (χ4n) is 5.22. The molecule has 1 unspecified atom stereocenters. The van der Waals surface area contributed by atoms with E-state index in [1.54, 1.807) is 12.3 Å². The Hall–Kier alpha value is -1.49. The Morgan fingerprint density at radius 2 is 2.00 bits per heavy atom. The summed E-state index contributed by atoms with van der Waals surface area (Å²) in [6, 6.07) is 1.71. The van der Waals surface area contributed by atoms with Crippen LogP contribution in [0.15, 0.2) is 12.3 Å². The molecule has 4 rings (SSSR count). The number of hydrogen-bond acceptors (Lipinski definition) is 2. The van der Waals surface area contributed by atoms with Gasteiger partial charge in [0.1, 0.15) is 5.69 Å². The summed E-state index contributed by atoms with van der Waals surface area (Å²) in [6.45, 7) is 5.24. The van der Waals surface area contributed by atoms with Crippen molar-refractivity contribution >= 4 is 23.4 Å². The topological polar surface area (TPSA) is 63.1 Å². The van der Waals surface area contributed by atoms with Gasteiger partial charge in [0.15, 0.2) is 0 Å². The number of fused-ring (bicyclic) bond motifs is 2. The molecule has 0 aromatic carbocycles. The van der Waals surface area contributed by atoms with Crippen LogP contribution >= 0.6 is 11.6 Å². The SMILES string of the molecule is CCn1cc(Cl)cc1C(=O)NC(C)(CNC(=O)C12CCC(CC1)C2)C1CC1. The van der Waals surface area contributed by atoms with E-state index < -0.39 is 5.54 Å². The third-order valence-corrected chi connectivity index (χ3v) is 7.36. The molecule has 0 radical (unpaired) electrons. The molecular weight excluding hydrogens is 362 g/mol. The van der Waals surface area contributed by atoms with Crippen LogP contribution in [-0.2, 0) is 11.3 Å². The highest BCUT2D eigenvalue weighted by molar-refractivity contribution is 6.31. The smallest absolute Gasteiger partial charge is 0.268 e. The van der Waals surface area contributed by atoms with E-state index in [9.17, 15) is 9.59 Å². The first kappa shape index (κ1) is 18.9. The number of nitrogens with zero attached hydrogens (tertiary/aromatic N) is 1. The van der Waals surface area contributed by atoms with Gasteiger partial charge in [-0.05, 0) is 76.7 Å². The number of carbonyl (C=O) groups excluding carboxylic acids is 2. The molecule has 3 fully saturated rings. The van der Waals surface area contributed by atoms with Crippen molar-refractivity contribution in [1.82, 2.24) is 15.2 Å². The first-order valence-corrected chi connectivity index (χ1v) is 10.7. The Labute approximate surface area is 166 Å². The molecule has 1 heterocycles. The molecule has 3 aliphatic rings. The summed E-state index contributed by atoms with van der Waals surface area (Å²) in [4.78, 5) is 25.8. The summed E-state index contributed by atoms with van der Waals surface area (Å²) in [6.07, 6.45) is 9.45. The van der Waals surface area contributed by atoms with Crippen molar-refractivity contribution in [2.75, 3.05) is 6.54 Å². The molecule has 27 heavy (non-hydrogen) atoms. The van der Waals surface area contributed by atoms with Gasteiger partial charge in [-0.25, -0.2) is 0 Å².